The molecule has 1 aromatic carbocycles. The summed E-state index contributed by atoms with van der Waals surface area (Å²) in [5.41, 5.74) is 2.81. The van der Waals surface area contributed by atoms with Gasteiger partial charge >= 0.3 is 0 Å². The summed E-state index contributed by atoms with van der Waals surface area (Å²) in [6, 6.07) is 9.08. The number of carbonyl (C=O) groups is 1. The number of Topliss-reactive ketones (excluding diaryl/α,β-unsaturated/α-hetero) is 1. The normalized spacial score (nSPS) is 24.7. The average Bonchev–Trinajstić information content (AvgIpc) is 2.28. The van der Waals surface area contributed by atoms with Crippen molar-refractivity contribution in [2.24, 2.45) is 0 Å². The Morgan fingerprint density at radius 1 is 1.20 bits per heavy atom. The number of anilines is 1. The van der Waals surface area contributed by atoms with Crippen molar-refractivity contribution in [1.82, 2.24) is 0 Å². The lowest BCUT2D eigenvalue weighted by molar-refractivity contribution is -0.120. The van der Waals surface area contributed by atoms with Gasteiger partial charge in [-0.3, -0.25) is 4.79 Å². The molecule has 0 aromatic heterocycles. The van der Waals surface area contributed by atoms with Crippen LogP contribution in [0.25, 0.3) is 0 Å². The Balaban J connectivity index is 1.97. The molecular formula is C13H15NO. The highest BCUT2D eigenvalue weighted by Crippen LogP contribution is 2.33. The van der Waals surface area contributed by atoms with Gasteiger partial charge in [-0.25, -0.2) is 0 Å². The SMILES string of the molecule is O=C1CCN2c3ccccc3CC[C@@H]2C1. The van der Waals surface area contributed by atoms with E-state index in [0.717, 1.165) is 32.2 Å². The Hall–Kier alpha value is -1.31. The number of rotatable bonds is 0. The third kappa shape index (κ3) is 1.44. The molecule has 1 atom stereocenters. The van der Waals surface area contributed by atoms with Gasteiger partial charge in [0.2, 0.25) is 0 Å². The van der Waals surface area contributed by atoms with Crippen LogP contribution in [0.3, 0.4) is 0 Å². The van der Waals surface area contributed by atoms with Crippen molar-refractivity contribution in [3.05, 3.63) is 29.8 Å². The van der Waals surface area contributed by atoms with Gasteiger partial charge in [0.15, 0.2) is 0 Å². The van der Waals surface area contributed by atoms with E-state index in [2.05, 4.69) is 29.2 Å². The maximum Gasteiger partial charge on any atom is 0.136 e. The van der Waals surface area contributed by atoms with E-state index >= 15 is 0 Å². The molecule has 2 nitrogen and oxygen atoms in total. The van der Waals surface area contributed by atoms with E-state index in [4.69, 9.17) is 0 Å². The van der Waals surface area contributed by atoms with E-state index in [0.29, 0.717) is 11.8 Å². The Morgan fingerprint density at radius 2 is 2.07 bits per heavy atom. The molecule has 1 saturated heterocycles. The molecule has 2 heterocycles. The minimum absolute atomic E-state index is 0.440. The first kappa shape index (κ1) is 8.96. The predicted octanol–water partition coefficient (Wildman–Crippen LogP) is 2.17. The molecule has 2 heteroatoms. The van der Waals surface area contributed by atoms with E-state index < -0.39 is 0 Å². The van der Waals surface area contributed by atoms with Crippen LogP contribution < -0.4 is 4.90 Å². The number of piperidine rings is 1. The van der Waals surface area contributed by atoms with Gasteiger partial charge in [0.05, 0.1) is 0 Å². The standard InChI is InChI=1S/C13H15NO/c15-12-7-8-14-11(9-12)6-5-10-3-1-2-4-13(10)14/h1-4,11H,5-9H2/t11-/m1/s1. The first-order valence-electron chi connectivity index (χ1n) is 5.71. The molecule has 0 unspecified atom stereocenters. The second-order valence-corrected chi connectivity index (χ2v) is 4.51. The van der Waals surface area contributed by atoms with Gasteiger partial charge < -0.3 is 4.90 Å². The summed E-state index contributed by atoms with van der Waals surface area (Å²) in [6.45, 7) is 0.917. The van der Waals surface area contributed by atoms with Crippen LogP contribution in [0.4, 0.5) is 5.69 Å². The Labute approximate surface area is 89.9 Å². The van der Waals surface area contributed by atoms with Crippen LogP contribution in [-0.4, -0.2) is 18.4 Å². The summed E-state index contributed by atoms with van der Waals surface area (Å²) >= 11 is 0. The van der Waals surface area contributed by atoms with Gasteiger partial charge in [0.25, 0.3) is 0 Å². The van der Waals surface area contributed by atoms with Crippen molar-refractivity contribution < 1.29 is 4.79 Å². The minimum Gasteiger partial charge on any atom is -0.367 e. The summed E-state index contributed by atoms with van der Waals surface area (Å²) in [4.78, 5) is 13.8. The van der Waals surface area contributed by atoms with Crippen LogP contribution in [0.15, 0.2) is 24.3 Å². The first-order chi connectivity index (χ1) is 7.34. The van der Waals surface area contributed by atoms with Crippen LogP contribution >= 0.6 is 0 Å². The molecule has 2 aliphatic rings. The number of benzene rings is 1. The van der Waals surface area contributed by atoms with Gasteiger partial charge in [-0.2, -0.15) is 0 Å². The molecule has 15 heavy (non-hydrogen) atoms. The molecule has 0 bridgehead atoms. The van der Waals surface area contributed by atoms with Crippen molar-refractivity contribution in [2.45, 2.75) is 31.7 Å². The molecule has 0 N–H and O–H groups in total. The molecule has 78 valence electrons. The third-order valence-corrected chi connectivity index (χ3v) is 3.58. The zero-order valence-corrected chi connectivity index (χ0v) is 8.78. The van der Waals surface area contributed by atoms with Crippen molar-refractivity contribution in [3.63, 3.8) is 0 Å². The van der Waals surface area contributed by atoms with Gasteiger partial charge in [-0.1, -0.05) is 18.2 Å². The lowest BCUT2D eigenvalue weighted by Crippen LogP contribution is -2.45. The molecule has 1 fully saturated rings. The van der Waals surface area contributed by atoms with Crippen molar-refractivity contribution in [3.8, 4) is 0 Å². The average molecular weight is 201 g/mol. The van der Waals surface area contributed by atoms with E-state index in [1.54, 1.807) is 0 Å². The molecule has 1 aromatic rings. The highest BCUT2D eigenvalue weighted by atomic mass is 16.1. The number of carbonyl (C=O) groups excluding carboxylic acids is 1. The number of hydrogen-bond donors (Lipinski definition) is 0. The number of aryl methyl sites for hydroxylation is 1. The van der Waals surface area contributed by atoms with Gasteiger partial charge in [0.1, 0.15) is 5.78 Å². The lowest BCUT2D eigenvalue weighted by atomic mass is 9.89. The molecule has 0 saturated carbocycles. The predicted molar refractivity (Wildman–Crippen MR) is 60.1 cm³/mol. The number of para-hydroxylation sites is 1. The summed E-state index contributed by atoms with van der Waals surface area (Å²) in [6.07, 6.45) is 3.76. The lowest BCUT2D eigenvalue weighted by Gasteiger charge is -2.41. The van der Waals surface area contributed by atoms with Crippen LogP contribution in [0.2, 0.25) is 0 Å². The maximum atomic E-state index is 11.4. The van der Waals surface area contributed by atoms with Crippen LogP contribution in [-0.2, 0) is 11.2 Å². The first-order valence-corrected chi connectivity index (χ1v) is 5.71. The zero-order valence-electron chi connectivity index (χ0n) is 8.78. The Morgan fingerprint density at radius 3 is 3.00 bits per heavy atom. The summed E-state index contributed by atoms with van der Waals surface area (Å²) in [5.74, 6) is 0.440. The van der Waals surface area contributed by atoms with E-state index in [-0.39, 0.29) is 0 Å². The Kier molecular flexibility index (Phi) is 2.01. The molecular weight excluding hydrogens is 186 g/mol. The maximum absolute atomic E-state index is 11.4. The highest BCUT2D eigenvalue weighted by Gasteiger charge is 2.31. The number of fused-ring (bicyclic) bond motifs is 3. The van der Waals surface area contributed by atoms with Crippen LogP contribution in [0, 0.1) is 0 Å². The van der Waals surface area contributed by atoms with Crippen molar-refractivity contribution in [1.29, 1.82) is 0 Å². The summed E-state index contributed by atoms with van der Waals surface area (Å²) in [5, 5.41) is 0. The fourth-order valence-corrected chi connectivity index (χ4v) is 2.80. The number of ketones is 1. The van der Waals surface area contributed by atoms with E-state index in [9.17, 15) is 4.79 Å². The van der Waals surface area contributed by atoms with Crippen LogP contribution in [0.1, 0.15) is 24.8 Å². The monoisotopic (exact) mass is 201 g/mol. The smallest absolute Gasteiger partial charge is 0.136 e. The van der Waals surface area contributed by atoms with E-state index in [1.165, 1.54) is 11.3 Å². The fraction of sp³-hybridized carbons (Fsp3) is 0.462. The van der Waals surface area contributed by atoms with Crippen molar-refractivity contribution in [2.75, 3.05) is 11.4 Å². The van der Waals surface area contributed by atoms with E-state index in [1.807, 2.05) is 0 Å². The zero-order chi connectivity index (χ0) is 10.3. The van der Waals surface area contributed by atoms with Gasteiger partial charge in [-0.15, -0.1) is 0 Å². The number of hydrogen-bond acceptors (Lipinski definition) is 2. The topological polar surface area (TPSA) is 20.3 Å². The van der Waals surface area contributed by atoms with Crippen LogP contribution in [0.5, 0.6) is 0 Å². The number of nitrogens with zero attached hydrogens (tertiary/aromatic N) is 1. The van der Waals surface area contributed by atoms with Gasteiger partial charge in [-0.05, 0) is 24.5 Å². The highest BCUT2D eigenvalue weighted by molar-refractivity contribution is 5.82. The third-order valence-electron chi connectivity index (χ3n) is 3.58. The Bertz CT molecular complexity index is 399. The second kappa shape index (κ2) is 3.37. The van der Waals surface area contributed by atoms with Crippen molar-refractivity contribution >= 4 is 11.5 Å². The minimum atomic E-state index is 0.440. The molecule has 0 radical (unpaired) electrons. The fourth-order valence-electron chi connectivity index (χ4n) is 2.80. The molecule has 3 rings (SSSR count). The largest absolute Gasteiger partial charge is 0.367 e. The molecule has 0 aliphatic carbocycles. The molecule has 0 amide bonds. The quantitative estimate of drug-likeness (QED) is 0.641. The second-order valence-electron chi connectivity index (χ2n) is 4.51. The van der Waals surface area contributed by atoms with Gasteiger partial charge in [0, 0.05) is 31.1 Å². The molecule has 0 spiro atoms. The molecule has 2 aliphatic heterocycles. The summed E-state index contributed by atoms with van der Waals surface area (Å²) < 4.78 is 0. The summed E-state index contributed by atoms with van der Waals surface area (Å²) in [7, 11) is 0.